The molecule has 13 heavy (non-hydrogen) atoms. The summed E-state index contributed by atoms with van der Waals surface area (Å²) in [7, 11) is 1.22. The molecule has 0 atom stereocenters. The molecule has 0 bridgehead atoms. The zero-order valence-corrected chi connectivity index (χ0v) is 6.65. The molecule has 0 saturated carbocycles. The molecule has 1 aromatic carbocycles. The first-order valence-electron chi connectivity index (χ1n) is 3.27. The van der Waals surface area contributed by atoms with Gasteiger partial charge in [-0.25, -0.2) is 0 Å². The van der Waals surface area contributed by atoms with E-state index in [9.17, 15) is 14.5 Å². The lowest BCUT2D eigenvalue weighted by atomic mass is 10.2. The maximum Gasteiger partial charge on any atom is 0.308 e. The number of ether oxygens (including phenoxy) is 1. The fraction of sp³-hybridized carbons (Fsp3) is 0.143. The summed E-state index contributed by atoms with van der Waals surface area (Å²) in [6.07, 6.45) is 0. The number of phenolic OH excluding ortho intramolecular Hbond substituents is 1. The minimum Gasteiger partial charge on any atom is -0.504 e. The van der Waals surface area contributed by atoms with Crippen molar-refractivity contribution in [3.8, 4) is 11.5 Å². The first kappa shape index (κ1) is 9.24. The summed E-state index contributed by atoms with van der Waals surface area (Å²) in [6, 6.07) is 1.46. The smallest absolute Gasteiger partial charge is 0.308 e. The normalized spacial score (nSPS) is 9.69. The van der Waals surface area contributed by atoms with Crippen LogP contribution in [0.5, 0.6) is 11.5 Å². The highest BCUT2D eigenvalue weighted by atomic mass is 19.1. The molecular formula is C7H6FNO4. The van der Waals surface area contributed by atoms with Gasteiger partial charge in [0.1, 0.15) is 0 Å². The minimum absolute atomic E-state index is 0.136. The molecule has 6 heteroatoms. The summed E-state index contributed by atoms with van der Waals surface area (Å²) in [5, 5.41) is 19.3. The molecule has 0 aliphatic carbocycles. The van der Waals surface area contributed by atoms with Crippen molar-refractivity contribution < 1.29 is 19.2 Å². The first-order valence-corrected chi connectivity index (χ1v) is 3.27. The Hall–Kier alpha value is -1.85. The Kier molecular flexibility index (Phi) is 2.32. The Morgan fingerprint density at radius 1 is 1.62 bits per heavy atom. The molecule has 0 aliphatic rings. The third-order valence-electron chi connectivity index (χ3n) is 1.45. The number of nitro benzene ring substituents is 1. The Morgan fingerprint density at radius 2 is 2.23 bits per heavy atom. The Balaban J connectivity index is 3.28. The molecule has 0 heterocycles. The molecule has 0 aliphatic heterocycles. The van der Waals surface area contributed by atoms with Crippen LogP contribution in [-0.4, -0.2) is 17.1 Å². The number of rotatable bonds is 2. The van der Waals surface area contributed by atoms with Crippen LogP contribution in [-0.2, 0) is 0 Å². The van der Waals surface area contributed by atoms with E-state index in [-0.39, 0.29) is 5.75 Å². The van der Waals surface area contributed by atoms with Crippen LogP contribution in [0, 0.1) is 15.9 Å². The average Bonchev–Trinajstić information content (AvgIpc) is 2.07. The fourth-order valence-corrected chi connectivity index (χ4v) is 0.836. The van der Waals surface area contributed by atoms with Crippen LogP contribution in [0.3, 0.4) is 0 Å². The van der Waals surface area contributed by atoms with Gasteiger partial charge >= 0.3 is 5.69 Å². The van der Waals surface area contributed by atoms with Gasteiger partial charge in [0.2, 0.25) is 5.82 Å². The zero-order valence-electron chi connectivity index (χ0n) is 6.65. The summed E-state index contributed by atoms with van der Waals surface area (Å²) >= 11 is 0. The van der Waals surface area contributed by atoms with E-state index in [0.29, 0.717) is 6.07 Å². The molecule has 5 nitrogen and oxygen atoms in total. The van der Waals surface area contributed by atoms with Gasteiger partial charge in [0.05, 0.1) is 18.1 Å². The van der Waals surface area contributed by atoms with Crippen molar-refractivity contribution in [1.29, 1.82) is 0 Å². The summed E-state index contributed by atoms with van der Waals surface area (Å²) in [5.41, 5.74) is -0.779. The van der Waals surface area contributed by atoms with E-state index in [1.807, 2.05) is 0 Å². The quantitative estimate of drug-likeness (QED) is 0.561. The molecule has 0 aromatic heterocycles. The van der Waals surface area contributed by atoms with E-state index >= 15 is 0 Å². The van der Waals surface area contributed by atoms with Gasteiger partial charge in [0.25, 0.3) is 0 Å². The zero-order chi connectivity index (χ0) is 10.0. The highest BCUT2D eigenvalue weighted by Gasteiger charge is 2.18. The number of methoxy groups -OCH3 is 1. The lowest BCUT2D eigenvalue weighted by Crippen LogP contribution is -1.93. The van der Waals surface area contributed by atoms with Gasteiger partial charge in [-0.15, -0.1) is 0 Å². The van der Waals surface area contributed by atoms with E-state index in [2.05, 4.69) is 4.74 Å². The second kappa shape index (κ2) is 3.26. The van der Waals surface area contributed by atoms with Gasteiger partial charge in [-0.3, -0.25) is 10.1 Å². The molecular weight excluding hydrogens is 181 g/mol. The largest absolute Gasteiger partial charge is 0.504 e. The Labute approximate surface area is 72.5 Å². The van der Waals surface area contributed by atoms with Crippen molar-refractivity contribution in [2.45, 2.75) is 0 Å². The predicted octanol–water partition coefficient (Wildman–Crippen LogP) is 1.45. The van der Waals surface area contributed by atoms with Crippen LogP contribution in [0.1, 0.15) is 0 Å². The average molecular weight is 187 g/mol. The topological polar surface area (TPSA) is 72.6 Å². The summed E-state index contributed by atoms with van der Waals surface area (Å²) in [6.45, 7) is 0. The standard InChI is InChI=1S/C7H6FNO4/c1-13-7-2-4(8)5(9(11)12)3-6(7)10/h2-3,10H,1H3. The number of benzene rings is 1. The molecule has 70 valence electrons. The van der Waals surface area contributed by atoms with Crippen LogP contribution >= 0.6 is 0 Å². The number of hydrogen-bond donors (Lipinski definition) is 1. The predicted molar refractivity (Wildman–Crippen MR) is 41.3 cm³/mol. The van der Waals surface area contributed by atoms with E-state index < -0.39 is 22.2 Å². The van der Waals surface area contributed by atoms with Crippen LogP contribution in [0.15, 0.2) is 12.1 Å². The van der Waals surface area contributed by atoms with Crippen LogP contribution < -0.4 is 4.74 Å². The lowest BCUT2D eigenvalue weighted by Gasteiger charge is -2.02. The number of halogens is 1. The van der Waals surface area contributed by atoms with Gasteiger partial charge in [-0.2, -0.15) is 4.39 Å². The molecule has 1 rings (SSSR count). The molecule has 1 aromatic rings. The molecule has 0 saturated heterocycles. The SMILES string of the molecule is COc1cc(F)c([N+](=O)[O-])cc1O. The van der Waals surface area contributed by atoms with E-state index in [4.69, 9.17) is 5.11 Å². The summed E-state index contributed by atoms with van der Waals surface area (Å²) < 4.78 is 17.4. The number of aromatic hydroxyl groups is 1. The molecule has 0 radical (unpaired) electrons. The molecule has 0 unspecified atom stereocenters. The van der Waals surface area contributed by atoms with Crippen molar-refractivity contribution >= 4 is 5.69 Å². The highest BCUT2D eigenvalue weighted by molar-refractivity contribution is 5.48. The van der Waals surface area contributed by atoms with Crippen molar-refractivity contribution in [2.24, 2.45) is 0 Å². The van der Waals surface area contributed by atoms with Gasteiger partial charge in [-0.05, 0) is 0 Å². The third kappa shape index (κ3) is 1.66. The van der Waals surface area contributed by atoms with Crippen molar-refractivity contribution in [1.82, 2.24) is 0 Å². The van der Waals surface area contributed by atoms with Gasteiger partial charge in [-0.1, -0.05) is 0 Å². The molecule has 0 fully saturated rings. The van der Waals surface area contributed by atoms with Crippen molar-refractivity contribution in [3.63, 3.8) is 0 Å². The number of phenols is 1. The minimum atomic E-state index is -1.04. The second-order valence-electron chi connectivity index (χ2n) is 2.23. The Bertz CT molecular complexity index is 353. The highest BCUT2D eigenvalue weighted by Crippen LogP contribution is 2.32. The van der Waals surface area contributed by atoms with Gasteiger partial charge in [0.15, 0.2) is 11.5 Å². The van der Waals surface area contributed by atoms with Gasteiger partial charge < -0.3 is 9.84 Å². The summed E-state index contributed by atoms with van der Waals surface area (Å²) in [4.78, 5) is 9.27. The third-order valence-corrected chi connectivity index (χ3v) is 1.45. The van der Waals surface area contributed by atoms with E-state index in [1.165, 1.54) is 7.11 Å². The van der Waals surface area contributed by atoms with Crippen LogP contribution in [0.2, 0.25) is 0 Å². The van der Waals surface area contributed by atoms with Crippen LogP contribution in [0.4, 0.5) is 10.1 Å². The van der Waals surface area contributed by atoms with Crippen molar-refractivity contribution in [3.05, 3.63) is 28.1 Å². The monoisotopic (exact) mass is 187 g/mol. The second-order valence-corrected chi connectivity index (χ2v) is 2.23. The number of nitrogens with zero attached hydrogens (tertiary/aromatic N) is 1. The summed E-state index contributed by atoms with van der Waals surface area (Å²) in [5.74, 6) is -1.64. The fourth-order valence-electron chi connectivity index (χ4n) is 0.836. The van der Waals surface area contributed by atoms with Crippen molar-refractivity contribution in [2.75, 3.05) is 7.11 Å². The maximum atomic E-state index is 12.8. The van der Waals surface area contributed by atoms with E-state index in [1.54, 1.807) is 0 Å². The lowest BCUT2D eigenvalue weighted by molar-refractivity contribution is -0.387. The van der Waals surface area contributed by atoms with Crippen LogP contribution in [0.25, 0.3) is 0 Å². The van der Waals surface area contributed by atoms with Gasteiger partial charge in [0, 0.05) is 6.07 Å². The molecule has 0 spiro atoms. The number of hydrogen-bond acceptors (Lipinski definition) is 4. The molecule has 1 N–H and O–H groups in total. The maximum absolute atomic E-state index is 12.8. The van der Waals surface area contributed by atoms with E-state index in [0.717, 1.165) is 6.07 Å². The number of nitro groups is 1. The Morgan fingerprint density at radius 3 is 2.69 bits per heavy atom. The molecule has 0 amide bonds. The first-order chi connectivity index (χ1) is 6.06.